The number of aryl methyl sites for hydroxylation is 3. The van der Waals surface area contributed by atoms with Gasteiger partial charge in [-0.05, 0) is 32.6 Å². The van der Waals surface area contributed by atoms with Crippen molar-refractivity contribution >= 4 is 28.3 Å². The number of furan rings is 1. The van der Waals surface area contributed by atoms with Gasteiger partial charge in [-0.2, -0.15) is 0 Å². The molecule has 4 rings (SSSR count). The number of nitrogens with zero attached hydrogens (tertiary/aromatic N) is 3. The Morgan fingerprint density at radius 3 is 3.00 bits per heavy atom. The summed E-state index contributed by atoms with van der Waals surface area (Å²) in [4.78, 5) is 39.1. The van der Waals surface area contributed by atoms with Crippen LogP contribution >= 0.6 is 11.3 Å². The predicted molar refractivity (Wildman–Crippen MR) is 93.9 cm³/mol. The first kappa shape index (κ1) is 16.0. The van der Waals surface area contributed by atoms with Crippen molar-refractivity contribution in [1.82, 2.24) is 19.9 Å². The number of fused-ring (bicyclic) bond motifs is 2. The van der Waals surface area contributed by atoms with E-state index in [-0.39, 0.29) is 28.1 Å². The van der Waals surface area contributed by atoms with Gasteiger partial charge in [0.25, 0.3) is 11.5 Å². The molecule has 0 spiro atoms. The molecule has 1 N–H and O–H groups in total. The van der Waals surface area contributed by atoms with Crippen LogP contribution in [0.25, 0.3) is 11.1 Å². The Labute approximate surface area is 147 Å². The molecule has 1 amide bonds. The number of amides is 1. The molecular weight excluding hydrogens is 340 g/mol. The van der Waals surface area contributed by atoms with E-state index in [4.69, 9.17) is 4.42 Å². The number of H-pyrrole nitrogens is 1. The van der Waals surface area contributed by atoms with Crippen molar-refractivity contribution in [1.29, 1.82) is 0 Å². The second kappa shape index (κ2) is 6.11. The zero-order valence-corrected chi connectivity index (χ0v) is 14.9. The van der Waals surface area contributed by atoms with Gasteiger partial charge in [0.1, 0.15) is 16.2 Å². The van der Waals surface area contributed by atoms with E-state index < -0.39 is 0 Å². The summed E-state index contributed by atoms with van der Waals surface area (Å²) in [5, 5.41) is 1.13. The summed E-state index contributed by atoms with van der Waals surface area (Å²) < 4.78 is 5.48. The van der Waals surface area contributed by atoms with E-state index in [0.29, 0.717) is 12.3 Å². The Morgan fingerprint density at radius 1 is 1.40 bits per heavy atom. The smallest absolute Gasteiger partial charge is 0.262 e. The van der Waals surface area contributed by atoms with Gasteiger partial charge in [0.05, 0.1) is 24.1 Å². The largest absolute Gasteiger partial charge is 0.442 e. The number of aromatic amines is 1. The summed E-state index contributed by atoms with van der Waals surface area (Å²) in [6, 6.07) is 0. The van der Waals surface area contributed by atoms with Crippen LogP contribution < -0.4 is 5.56 Å². The number of carbonyl (C=O) groups excluding carboxylic acids is 1. The van der Waals surface area contributed by atoms with Crippen molar-refractivity contribution in [2.75, 3.05) is 7.05 Å². The molecule has 0 unspecified atom stereocenters. The molecule has 130 valence electrons. The maximum absolute atomic E-state index is 12.9. The maximum atomic E-state index is 12.9. The summed E-state index contributed by atoms with van der Waals surface area (Å²) in [6.07, 6.45) is 5.76. The third kappa shape index (κ3) is 2.76. The minimum atomic E-state index is -0.372. The molecule has 0 atom stereocenters. The fourth-order valence-electron chi connectivity index (χ4n) is 3.25. The van der Waals surface area contributed by atoms with Crippen LogP contribution in [0.15, 0.2) is 15.5 Å². The molecule has 3 heterocycles. The summed E-state index contributed by atoms with van der Waals surface area (Å²) in [6.45, 7) is 2.09. The highest BCUT2D eigenvalue weighted by Crippen LogP contribution is 2.28. The molecule has 8 heteroatoms. The molecule has 0 saturated carbocycles. The maximum Gasteiger partial charge on any atom is 0.262 e. The summed E-state index contributed by atoms with van der Waals surface area (Å²) in [5.74, 6) is 0.136. The van der Waals surface area contributed by atoms with Crippen LogP contribution in [-0.2, 0) is 19.4 Å². The molecule has 25 heavy (non-hydrogen) atoms. The summed E-state index contributed by atoms with van der Waals surface area (Å²) >= 11 is 1.68. The highest BCUT2D eigenvalue weighted by molar-refractivity contribution is 7.11. The first-order valence-corrected chi connectivity index (χ1v) is 9.06. The van der Waals surface area contributed by atoms with E-state index in [1.54, 1.807) is 30.2 Å². The SMILES string of the molecule is Cc1oc2nc[nH]c(=O)c2c1C(=O)N(C)Cc1nc2c(s1)CCCC2. The zero-order valence-electron chi connectivity index (χ0n) is 14.1. The van der Waals surface area contributed by atoms with Gasteiger partial charge in [-0.3, -0.25) is 9.59 Å². The Bertz CT molecular complexity index is 993. The summed E-state index contributed by atoms with van der Waals surface area (Å²) in [5.41, 5.74) is 1.26. The lowest BCUT2D eigenvalue weighted by molar-refractivity contribution is 0.0784. The third-order valence-electron chi connectivity index (χ3n) is 4.49. The van der Waals surface area contributed by atoms with E-state index in [2.05, 4.69) is 15.0 Å². The highest BCUT2D eigenvalue weighted by atomic mass is 32.1. The van der Waals surface area contributed by atoms with Crippen LogP contribution in [0.4, 0.5) is 0 Å². The average Bonchev–Trinajstić information content (AvgIpc) is 3.14. The highest BCUT2D eigenvalue weighted by Gasteiger charge is 2.25. The number of hydrogen-bond donors (Lipinski definition) is 1. The number of hydrogen-bond acceptors (Lipinski definition) is 6. The molecule has 0 saturated heterocycles. The normalized spacial score (nSPS) is 13.8. The zero-order chi connectivity index (χ0) is 17.6. The molecule has 0 fully saturated rings. The Morgan fingerprint density at radius 2 is 2.20 bits per heavy atom. The van der Waals surface area contributed by atoms with Crippen LogP contribution in [0.1, 0.15) is 44.5 Å². The lowest BCUT2D eigenvalue weighted by Gasteiger charge is -2.15. The van der Waals surface area contributed by atoms with Gasteiger partial charge in [0.15, 0.2) is 0 Å². The van der Waals surface area contributed by atoms with Crippen molar-refractivity contribution in [3.63, 3.8) is 0 Å². The molecule has 3 aromatic rings. The topological polar surface area (TPSA) is 92.1 Å². The van der Waals surface area contributed by atoms with Crippen molar-refractivity contribution < 1.29 is 9.21 Å². The van der Waals surface area contributed by atoms with Crippen molar-refractivity contribution in [3.05, 3.63) is 43.6 Å². The molecule has 0 bridgehead atoms. The standard InChI is InChI=1S/C17H18N4O3S/c1-9-13(14-15(22)18-8-19-16(14)24-9)17(23)21(2)7-12-20-10-5-3-4-6-11(10)25-12/h8H,3-7H2,1-2H3,(H,18,19,22). The molecule has 3 aromatic heterocycles. The van der Waals surface area contributed by atoms with E-state index in [0.717, 1.165) is 17.8 Å². The molecule has 0 radical (unpaired) electrons. The van der Waals surface area contributed by atoms with Crippen LogP contribution in [0, 0.1) is 6.92 Å². The van der Waals surface area contributed by atoms with Crippen LogP contribution in [0.5, 0.6) is 0 Å². The molecule has 0 aromatic carbocycles. The Hall–Kier alpha value is -2.48. The van der Waals surface area contributed by atoms with Crippen molar-refractivity contribution in [2.24, 2.45) is 0 Å². The minimum Gasteiger partial charge on any atom is -0.442 e. The molecular formula is C17H18N4O3S. The number of rotatable bonds is 3. The van der Waals surface area contributed by atoms with Gasteiger partial charge in [-0.15, -0.1) is 11.3 Å². The van der Waals surface area contributed by atoms with Gasteiger partial charge >= 0.3 is 0 Å². The minimum absolute atomic E-state index is 0.183. The number of nitrogens with one attached hydrogen (secondary N) is 1. The molecule has 1 aliphatic carbocycles. The fourth-order valence-corrected chi connectivity index (χ4v) is 4.46. The molecule has 0 aliphatic heterocycles. The average molecular weight is 358 g/mol. The number of carbonyl (C=O) groups is 1. The van der Waals surface area contributed by atoms with Crippen molar-refractivity contribution in [2.45, 2.75) is 39.2 Å². The van der Waals surface area contributed by atoms with Gasteiger partial charge in [0, 0.05) is 11.9 Å². The third-order valence-corrected chi connectivity index (χ3v) is 5.64. The first-order valence-electron chi connectivity index (χ1n) is 8.24. The lowest BCUT2D eigenvalue weighted by atomic mass is 10.0. The monoisotopic (exact) mass is 358 g/mol. The molecule has 7 nitrogen and oxygen atoms in total. The van der Waals surface area contributed by atoms with E-state index in [1.165, 1.54) is 29.7 Å². The Balaban J connectivity index is 1.64. The second-order valence-electron chi connectivity index (χ2n) is 6.29. The van der Waals surface area contributed by atoms with Gasteiger partial charge in [-0.25, -0.2) is 9.97 Å². The van der Waals surface area contributed by atoms with Crippen LogP contribution in [0.2, 0.25) is 0 Å². The predicted octanol–water partition coefficient (Wildman–Crippen LogP) is 2.43. The molecule has 1 aliphatic rings. The Kier molecular flexibility index (Phi) is 3.91. The number of aromatic nitrogens is 3. The van der Waals surface area contributed by atoms with E-state index in [9.17, 15) is 9.59 Å². The van der Waals surface area contributed by atoms with E-state index in [1.807, 2.05) is 0 Å². The quantitative estimate of drug-likeness (QED) is 0.776. The number of thiazole rings is 1. The lowest BCUT2D eigenvalue weighted by Crippen LogP contribution is -2.27. The van der Waals surface area contributed by atoms with Gasteiger partial charge in [0.2, 0.25) is 5.71 Å². The van der Waals surface area contributed by atoms with E-state index >= 15 is 0 Å². The van der Waals surface area contributed by atoms with Crippen LogP contribution in [-0.4, -0.2) is 32.8 Å². The first-order chi connectivity index (χ1) is 12.0. The fraction of sp³-hybridized carbons (Fsp3) is 0.412. The van der Waals surface area contributed by atoms with Crippen molar-refractivity contribution in [3.8, 4) is 0 Å². The second-order valence-corrected chi connectivity index (χ2v) is 7.46. The van der Waals surface area contributed by atoms with Gasteiger partial charge < -0.3 is 14.3 Å². The van der Waals surface area contributed by atoms with Gasteiger partial charge in [-0.1, -0.05) is 0 Å². The van der Waals surface area contributed by atoms with Crippen LogP contribution in [0.3, 0.4) is 0 Å². The summed E-state index contributed by atoms with van der Waals surface area (Å²) in [7, 11) is 1.71.